The van der Waals surface area contributed by atoms with Gasteiger partial charge in [0.15, 0.2) is 23.0 Å². The van der Waals surface area contributed by atoms with E-state index in [-0.39, 0.29) is 0 Å². The third-order valence-corrected chi connectivity index (χ3v) is 4.22. The van der Waals surface area contributed by atoms with Crippen LogP contribution in [0.15, 0.2) is 34.9 Å². The molecule has 0 unspecified atom stereocenters. The summed E-state index contributed by atoms with van der Waals surface area (Å²) in [4.78, 5) is 4.53. The molecule has 0 bridgehead atoms. The number of rotatable bonds is 10. The molecular formula is C22H26N2O6. The zero-order valence-electron chi connectivity index (χ0n) is 17.9. The predicted octanol–water partition coefficient (Wildman–Crippen LogP) is 4.62. The molecule has 0 saturated carbocycles. The van der Waals surface area contributed by atoms with Gasteiger partial charge in [-0.3, -0.25) is 0 Å². The molecule has 3 rings (SSSR count). The molecule has 0 aliphatic heterocycles. The molecule has 1 aromatic heterocycles. The first kappa shape index (κ1) is 21.3. The standard InChI is InChI=1S/C22H26N2O6/c1-6-27-18-12-15(13-19(28-7-2)20(18)29-8-3)22-23-21(24-30-22)14-9-10-16(25-4)17(11-14)26-5/h9-13H,6-8H2,1-5H3. The summed E-state index contributed by atoms with van der Waals surface area (Å²) in [5.74, 6) is 3.65. The lowest BCUT2D eigenvalue weighted by Crippen LogP contribution is -2.03. The molecule has 0 aliphatic carbocycles. The molecule has 0 atom stereocenters. The van der Waals surface area contributed by atoms with Gasteiger partial charge in [-0.1, -0.05) is 5.16 Å². The molecule has 0 radical (unpaired) electrons. The van der Waals surface area contributed by atoms with E-state index in [1.807, 2.05) is 39.0 Å². The largest absolute Gasteiger partial charge is 0.493 e. The minimum absolute atomic E-state index is 0.338. The highest BCUT2D eigenvalue weighted by Gasteiger charge is 2.19. The maximum absolute atomic E-state index is 5.76. The first-order valence-corrected chi connectivity index (χ1v) is 9.77. The van der Waals surface area contributed by atoms with Gasteiger partial charge in [-0.05, 0) is 51.1 Å². The van der Waals surface area contributed by atoms with E-state index in [4.69, 9.17) is 28.2 Å². The van der Waals surface area contributed by atoms with Crippen molar-refractivity contribution in [1.29, 1.82) is 0 Å². The summed E-state index contributed by atoms with van der Waals surface area (Å²) in [6.07, 6.45) is 0. The van der Waals surface area contributed by atoms with Crippen molar-refractivity contribution in [1.82, 2.24) is 10.1 Å². The van der Waals surface area contributed by atoms with Gasteiger partial charge in [-0.15, -0.1) is 0 Å². The van der Waals surface area contributed by atoms with E-state index < -0.39 is 0 Å². The first-order valence-electron chi connectivity index (χ1n) is 9.77. The van der Waals surface area contributed by atoms with Crippen LogP contribution in [0.1, 0.15) is 20.8 Å². The smallest absolute Gasteiger partial charge is 0.258 e. The van der Waals surface area contributed by atoms with E-state index in [1.165, 1.54) is 0 Å². The average molecular weight is 414 g/mol. The predicted molar refractivity (Wildman–Crippen MR) is 112 cm³/mol. The maximum atomic E-state index is 5.76. The second-order valence-corrected chi connectivity index (χ2v) is 6.09. The van der Waals surface area contributed by atoms with E-state index in [2.05, 4.69) is 10.1 Å². The van der Waals surface area contributed by atoms with Crippen LogP contribution in [0, 0.1) is 0 Å². The number of aromatic nitrogens is 2. The minimum Gasteiger partial charge on any atom is -0.493 e. The Morgan fingerprint density at radius 3 is 1.90 bits per heavy atom. The molecule has 8 heteroatoms. The second-order valence-electron chi connectivity index (χ2n) is 6.09. The van der Waals surface area contributed by atoms with Crippen molar-refractivity contribution >= 4 is 0 Å². The molecule has 0 aliphatic rings. The first-order chi connectivity index (χ1) is 14.6. The Labute approximate surface area is 175 Å². The average Bonchev–Trinajstić information content (AvgIpc) is 3.26. The number of hydrogen-bond acceptors (Lipinski definition) is 8. The number of benzene rings is 2. The second kappa shape index (κ2) is 9.87. The van der Waals surface area contributed by atoms with Crippen LogP contribution in [0.25, 0.3) is 22.8 Å². The highest BCUT2D eigenvalue weighted by Crippen LogP contribution is 2.42. The normalized spacial score (nSPS) is 10.6. The fourth-order valence-electron chi connectivity index (χ4n) is 2.95. The summed E-state index contributed by atoms with van der Waals surface area (Å²) in [6.45, 7) is 7.18. The van der Waals surface area contributed by atoms with Crippen molar-refractivity contribution in [2.75, 3.05) is 34.0 Å². The highest BCUT2D eigenvalue weighted by molar-refractivity contribution is 5.68. The molecule has 0 amide bonds. The van der Waals surface area contributed by atoms with E-state index in [1.54, 1.807) is 26.4 Å². The van der Waals surface area contributed by atoms with Crippen LogP contribution < -0.4 is 23.7 Å². The number of nitrogens with zero attached hydrogens (tertiary/aromatic N) is 2. The lowest BCUT2D eigenvalue weighted by molar-refractivity contribution is 0.261. The van der Waals surface area contributed by atoms with E-state index in [0.29, 0.717) is 65.8 Å². The molecule has 160 valence electrons. The Morgan fingerprint density at radius 1 is 0.733 bits per heavy atom. The molecule has 0 spiro atoms. The van der Waals surface area contributed by atoms with Crippen molar-refractivity contribution in [2.24, 2.45) is 0 Å². The van der Waals surface area contributed by atoms with Gasteiger partial charge < -0.3 is 28.2 Å². The van der Waals surface area contributed by atoms with Gasteiger partial charge in [0, 0.05) is 11.1 Å². The van der Waals surface area contributed by atoms with E-state index >= 15 is 0 Å². The van der Waals surface area contributed by atoms with Gasteiger partial charge in [-0.25, -0.2) is 0 Å². The van der Waals surface area contributed by atoms with Gasteiger partial charge in [0.05, 0.1) is 34.0 Å². The monoisotopic (exact) mass is 414 g/mol. The molecular weight excluding hydrogens is 388 g/mol. The van der Waals surface area contributed by atoms with Crippen LogP contribution in [0.2, 0.25) is 0 Å². The lowest BCUT2D eigenvalue weighted by atomic mass is 10.1. The van der Waals surface area contributed by atoms with Crippen molar-refractivity contribution in [3.63, 3.8) is 0 Å². The topological polar surface area (TPSA) is 85.1 Å². The molecule has 3 aromatic rings. The Hall–Kier alpha value is -3.42. The zero-order chi connectivity index (χ0) is 21.5. The maximum Gasteiger partial charge on any atom is 0.258 e. The summed E-state index contributed by atoms with van der Waals surface area (Å²) >= 11 is 0. The third-order valence-electron chi connectivity index (χ3n) is 4.22. The van der Waals surface area contributed by atoms with Crippen molar-refractivity contribution < 1.29 is 28.2 Å². The summed E-state index contributed by atoms with van der Waals surface area (Å²) in [7, 11) is 3.16. The summed E-state index contributed by atoms with van der Waals surface area (Å²) in [5, 5.41) is 4.11. The van der Waals surface area contributed by atoms with Crippen molar-refractivity contribution in [3.05, 3.63) is 30.3 Å². The van der Waals surface area contributed by atoms with Gasteiger partial charge in [0.2, 0.25) is 11.6 Å². The van der Waals surface area contributed by atoms with E-state index in [0.717, 1.165) is 5.56 Å². The van der Waals surface area contributed by atoms with Gasteiger partial charge in [0.1, 0.15) is 0 Å². The van der Waals surface area contributed by atoms with Gasteiger partial charge in [-0.2, -0.15) is 4.98 Å². The zero-order valence-corrected chi connectivity index (χ0v) is 17.9. The van der Waals surface area contributed by atoms with Crippen LogP contribution in [-0.2, 0) is 0 Å². The Morgan fingerprint density at radius 2 is 1.33 bits per heavy atom. The van der Waals surface area contributed by atoms with Gasteiger partial charge in [0.25, 0.3) is 5.89 Å². The Kier molecular flexibility index (Phi) is 7.00. The number of methoxy groups -OCH3 is 2. The quantitative estimate of drug-likeness (QED) is 0.475. The SMILES string of the molecule is CCOc1cc(-c2nc(-c3ccc(OC)c(OC)c3)no2)cc(OCC)c1OCC. The number of ether oxygens (including phenoxy) is 5. The van der Waals surface area contributed by atoms with Crippen molar-refractivity contribution in [2.45, 2.75) is 20.8 Å². The third kappa shape index (κ3) is 4.42. The summed E-state index contributed by atoms with van der Waals surface area (Å²) < 4.78 is 33.4. The molecule has 1 heterocycles. The molecule has 2 aromatic carbocycles. The Balaban J connectivity index is 2.01. The summed E-state index contributed by atoms with van der Waals surface area (Å²) in [6, 6.07) is 9.04. The highest BCUT2D eigenvalue weighted by atomic mass is 16.5. The molecule has 0 fully saturated rings. The molecule has 8 nitrogen and oxygen atoms in total. The van der Waals surface area contributed by atoms with Crippen LogP contribution in [0.4, 0.5) is 0 Å². The van der Waals surface area contributed by atoms with Crippen LogP contribution in [0.3, 0.4) is 0 Å². The van der Waals surface area contributed by atoms with Crippen molar-refractivity contribution in [3.8, 4) is 51.6 Å². The van der Waals surface area contributed by atoms with E-state index in [9.17, 15) is 0 Å². The van der Waals surface area contributed by atoms with Crippen LogP contribution >= 0.6 is 0 Å². The molecule has 30 heavy (non-hydrogen) atoms. The Bertz CT molecular complexity index is 959. The fraction of sp³-hybridized carbons (Fsp3) is 0.364. The lowest BCUT2D eigenvalue weighted by Gasteiger charge is -2.16. The van der Waals surface area contributed by atoms with Crippen LogP contribution in [0.5, 0.6) is 28.7 Å². The van der Waals surface area contributed by atoms with Crippen LogP contribution in [-0.4, -0.2) is 44.2 Å². The van der Waals surface area contributed by atoms with Gasteiger partial charge >= 0.3 is 0 Å². The molecule has 0 N–H and O–H groups in total. The number of hydrogen-bond donors (Lipinski definition) is 0. The fourth-order valence-corrected chi connectivity index (χ4v) is 2.95. The minimum atomic E-state index is 0.338. The summed E-state index contributed by atoms with van der Waals surface area (Å²) in [5.41, 5.74) is 1.41. The molecule has 0 saturated heterocycles.